The third-order valence-corrected chi connectivity index (χ3v) is 4.78. The number of ether oxygens (including phenoxy) is 2. The molecular weight excluding hydrogens is 396 g/mol. The molecule has 3 aromatic carbocycles. The number of rotatable bonds is 6. The standard InChI is InChI=1S/C24H20N2O5/c1-14-3-4-15(2)21(11-14)30-13-22(27)25-16-5-7-17(8-6-16)31-18-9-10-19-20(12-18)24(29)26-23(19)28/h3-12H,13H2,1-2H3,(H,25,27)(H,26,28,29). The molecule has 31 heavy (non-hydrogen) atoms. The lowest BCUT2D eigenvalue weighted by Gasteiger charge is -2.11. The van der Waals surface area contributed by atoms with Crippen LogP contribution in [0.5, 0.6) is 17.2 Å². The number of imide groups is 1. The molecule has 1 aliphatic heterocycles. The van der Waals surface area contributed by atoms with Gasteiger partial charge in [0.15, 0.2) is 6.61 Å². The van der Waals surface area contributed by atoms with Crippen LogP contribution in [0.4, 0.5) is 5.69 Å². The van der Waals surface area contributed by atoms with E-state index in [1.807, 2.05) is 32.0 Å². The number of hydrogen-bond acceptors (Lipinski definition) is 5. The molecule has 0 saturated heterocycles. The SMILES string of the molecule is Cc1ccc(C)c(OCC(=O)Nc2ccc(Oc3ccc4c(c3)C(=O)NC4=O)cc2)c1. The third kappa shape index (κ3) is 4.56. The van der Waals surface area contributed by atoms with Crippen molar-refractivity contribution in [2.24, 2.45) is 0 Å². The zero-order valence-corrected chi connectivity index (χ0v) is 17.0. The predicted molar refractivity (Wildman–Crippen MR) is 115 cm³/mol. The molecule has 7 heteroatoms. The smallest absolute Gasteiger partial charge is 0.262 e. The summed E-state index contributed by atoms with van der Waals surface area (Å²) >= 11 is 0. The van der Waals surface area contributed by atoms with Crippen LogP contribution < -0.4 is 20.1 Å². The van der Waals surface area contributed by atoms with Crippen LogP contribution in [0.1, 0.15) is 31.8 Å². The maximum atomic E-state index is 12.2. The normalized spacial score (nSPS) is 12.2. The summed E-state index contributed by atoms with van der Waals surface area (Å²) in [5.74, 6) is 0.517. The number of benzene rings is 3. The quantitative estimate of drug-likeness (QED) is 0.593. The summed E-state index contributed by atoms with van der Waals surface area (Å²) in [6, 6.07) is 17.3. The Kier molecular flexibility index (Phi) is 5.41. The number of nitrogens with one attached hydrogen (secondary N) is 2. The Morgan fingerprint density at radius 2 is 1.58 bits per heavy atom. The van der Waals surface area contributed by atoms with E-state index >= 15 is 0 Å². The van der Waals surface area contributed by atoms with Crippen LogP contribution in [0.25, 0.3) is 0 Å². The first-order valence-corrected chi connectivity index (χ1v) is 9.66. The summed E-state index contributed by atoms with van der Waals surface area (Å²) in [7, 11) is 0. The number of fused-ring (bicyclic) bond motifs is 1. The van der Waals surface area contributed by atoms with Gasteiger partial charge < -0.3 is 14.8 Å². The van der Waals surface area contributed by atoms with Crippen LogP contribution in [-0.4, -0.2) is 24.3 Å². The minimum Gasteiger partial charge on any atom is -0.483 e. The largest absolute Gasteiger partial charge is 0.483 e. The van der Waals surface area contributed by atoms with Crippen LogP contribution in [0.3, 0.4) is 0 Å². The van der Waals surface area contributed by atoms with Crippen molar-refractivity contribution in [3.63, 3.8) is 0 Å². The monoisotopic (exact) mass is 416 g/mol. The number of carbonyl (C=O) groups excluding carboxylic acids is 3. The van der Waals surface area contributed by atoms with E-state index in [0.717, 1.165) is 11.1 Å². The minimum absolute atomic E-state index is 0.0988. The molecule has 0 aliphatic carbocycles. The predicted octanol–water partition coefficient (Wildman–Crippen LogP) is 4.00. The highest BCUT2D eigenvalue weighted by Gasteiger charge is 2.26. The maximum Gasteiger partial charge on any atom is 0.262 e. The van der Waals surface area contributed by atoms with Crippen molar-refractivity contribution < 1.29 is 23.9 Å². The van der Waals surface area contributed by atoms with Gasteiger partial charge in [-0.05, 0) is 73.5 Å². The third-order valence-electron chi connectivity index (χ3n) is 4.78. The molecule has 1 heterocycles. The highest BCUT2D eigenvalue weighted by molar-refractivity contribution is 6.21. The molecule has 156 valence electrons. The van der Waals surface area contributed by atoms with E-state index in [4.69, 9.17) is 9.47 Å². The van der Waals surface area contributed by atoms with Gasteiger partial charge in [-0.25, -0.2) is 0 Å². The first-order chi connectivity index (χ1) is 14.9. The number of carbonyl (C=O) groups is 3. The second-order valence-corrected chi connectivity index (χ2v) is 7.22. The number of amides is 3. The van der Waals surface area contributed by atoms with Gasteiger partial charge >= 0.3 is 0 Å². The van der Waals surface area contributed by atoms with Crippen LogP contribution in [0.2, 0.25) is 0 Å². The van der Waals surface area contributed by atoms with Gasteiger partial charge in [0, 0.05) is 5.69 Å². The van der Waals surface area contributed by atoms with Gasteiger partial charge in [0.25, 0.3) is 17.7 Å². The lowest BCUT2D eigenvalue weighted by atomic mass is 10.1. The molecule has 4 rings (SSSR count). The molecule has 0 unspecified atom stereocenters. The summed E-state index contributed by atoms with van der Waals surface area (Å²) in [6.07, 6.45) is 0. The van der Waals surface area contributed by atoms with Crippen LogP contribution >= 0.6 is 0 Å². The van der Waals surface area contributed by atoms with Crippen molar-refractivity contribution in [1.82, 2.24) is 5.32 Å². The molecule has 0 aromatic heterocycles. The fraction of sp³-hybridized carbons (Fsp3) is 0.125. The van der Waals surface area contributed by atoms with Gasteiger partial charge in [-0.1, -0.05) is 12.1 Å². The lowest BCUT2D eigenvalue weighted by Crippen LogP contribution is -2.20. The Morgan fingerprint density at radius 1 is 0.871 bits per heavy atom. The molecule has 2 N–H and O–H groups in total. The number of anilines is 1. The Balaban J connectivity index is 1.35. The minimum atomic E-state index is -0.438. The number of aryl methyl sites for hydroxylation is 2. The van der Waals surface area contributed by atoms with E-state index < -0.39 is 11.8 Å². The van der Waals surface area contributed by atoms with Gasteiger partial charge in [0.2, 0.25) is 0 Å². The average molecular weight is 416 g/mol. The highest BCUT2D eigenvalue weighted by atomic mass is 16.5. The Labute approximate surface area is 179 Å². The molecule has 7 nitrogen and oxygen atoms in total. The summed E-state index contributed by atoms with van der Waals surface area (Å²) < 4.78 is 11.4. The lowest BCUT2D eigenvalue weighted by molar-refractivity contribution is -0.118. The van der Waals surface area contributed by atoms with E-state index in [-0.39, 0.29) is 18.1 Å². The molecule has 0 spiro atoms. The molecule has 0 radical (unpaired) electrons. The van der Waals surface area contributed by atoms with Crippen molar-refractivity contribution in [1.29, 1.82) is 0 Å². The van der Waals surface area contributed by atoms with Gasteiger partial charge in [-0.3, -0.25) is 19.7 Å². The van der Waals surface area contributed by atoms with E-state index in [1.54, 1.807) is 36.4 Å². The van der Waals surface area contributed by atoms with Crippen LogP contribution in [0.15, 0.2) is 60.7 Å². The van der Waals surface area contributed by atoms with Crippen molar-refractivity contribution in [3.8, 4) is 17.2 Å². The summed E-state index contributed by atoms with van der Waals surface area (Å²) in [4.78, 5) is 35.6. The average Bonchev–Trinajstić information content (AvgIpc) is 3.03. The van der Waals surface area contributed by atoms with Crippen molar-refractivity contribution in [3.05, 3.63) is 82.9 Å². The second kappa shape index (κ2) is 8.31. The van der Waals surface area contributed by atoms with E-state index in [1.165, 1.54) is 6.07 Å². The molecular formula is C24H20N2O5. The van der Waals surface area contributed by atoms with Crippen molar-refractivity contribution >= 4 is 23.4 Å². The van der Waals surface area contributed by atoms with Crippen LogP contribution in [-0.2, 0) is 4.79 Å². The second-order valence-electron chi connectivity index (χ2n) is 7.22. The Bertz CT molecular complexity index is 1190. The molecule has 3 aromatic rings. The molecule has 0 atom stereocenters. The molecule has 0 saturated carbocycles. The van der Waals surface area contributed by atoms with E-state index in [9.17, 15) is 14.4 Å². The molecule has 3 amide bonds. The van der Waals surface area contributed by atoms with Crippen molar-refractivity contribution in [2.75, 3.05) is 11.9 Å². The van der Waals surface area contributed by atoms with Gasteiger partial charge in [-0.15, -0.1) is 0 Å². The zero-order valence-electron chi connectivity index (χ0n) is 17.0. The number of hydrogen-bond donors (Lipinski definition) is 2. The van der Waals surface area contributed by atoms with Gasteiger partial charge in [-0.2, -0.15) is 0 Å². The summed E-state index contributed by atoms with van der Waals surface area (Å²) in [5, 5.41) is 5.01. The molecule has 1 aliphatic rings. The Morgan fingerprint density at radius 3 is 2.35 bits per heavy atom. The maximum absolute atomic E-state index is 12.2. The first kappa shape index (κ1) is 20.2. The summed E-state index contributed by atoms with van der Waals surface area (Å²) in [5.41, 5.74) is 3.25. The zero-order chi connectivity index (χ0) is 22.0. The van der Waals surface area contributed by atoms with Crippen LogP contribution in [0, 0.1) is 13.8 Å². The van der Waals surface area contributed by atoms with Gasteiger partial charge in [0.1, 0.15) is 17.2 Å². The highest BCUT2D eigenvalue weighted by Crippen LogP contribution is 2.27. The topological polar surface area (TPSA) is 93.7 Å². The van der Waals surface area contributed by atoms with E-state index in [2.05, 4.69) is 10.6 Å². The fourth-order valence-electron chi connectivity index (χ4n) is 3.16. The fourth-order valence-corrected chi connectivity index (χ4v) is 3.16. The van der Waals surface area contributed by atoms with E-state index in [0.29, 0.717) is 28.5 Å². The molecule has 0 fully saturated rings. The first-order valence-electron chi connectivity index (χ1n) is 9.66. The Hall–Kier alpha value is -4.13. The summed E-state index contributed by atoms with van der Waals surface area (Å²) in [6.45, 7) is 3.79. The van der Waals surface area contributed by atoms with Crippen molar-refractivity contribution in [2.45, 2.75) is 13.8 Å². The molecule has 0 bridgehead atoms. The van der Waals surface area contributed by atoms with Gasteiger partial charge in [0.05, 0.1) is 11.1 Å².